The van der Waals surface area contributed by atoms with E-state index in [4.69, 9.17) is 0 Å². The number of benzene rings is 2. The van der Waals surface area contributed by atoms with Crippen LogP contribution in [0, 0.1) is 6.92 Å². The normalized spacial score (nSPS) is 14.0. The van der Waals surface area contributed by atoms with Gasteiger partial charge in [-0.3, -0.25) is 4.79 Å². The zero-order valence-corrected chi connectivity index (χ0v) is 13.9. The van der Waals surface area contributed by atoms with Crippen LogP contribution in [0.2, 0.25) is 0 Å². The second-order valence-corrected chi connectivity index (χ2v) is 6.05. The first-order valence-corrected chi connectivity index (χ1v) is 8.08. The molecule has 0 spiro atoms. The van der Waals surface area contributed by atoms with Gasteiger partial charge in [-0.25, -0.2) is 4.79 Å². The lowest BCUT2D eigenvalue weighted by Crippen LogP contribution is -2.47. The summed E-state index contributed by atoms with van der Waals surface area (Å²) in [6, 6.07) is 14.4. The molecule has 0 bridgehead atoms. The number of amides is 3. The first-order valence-electron chi connectivity index (χ1n) is 8.08. The average molecular weight is 323 g/mol. The molecule has 0 unspecified atom stereocenters. The minimum Gasteiger partial charge on any atom is -0.326 e. The third-order valence-corrected chi connectivity index (χ3v) is 4.18. The fourth-order valence-electron chi connectivity index (χ4n) is 2.86. The van der Waals surface area contributed by atoms with E-state index in [1.807, 2.05) is 55.5 Å². The number of nitrogens with zero attached hydrogens (tertiary/aromatic N) is 1. The smallest absolute Gasteiger partial charge is 0.319 e. The van der Waals surface area contributed by atoms with Crippen LogP contribution >= 0.6 is 0 Å². The highest BCUT2D eigenvalue weighted by Gasteiger charge is 2.28. The molecule has 3 amide bonds. The Labute approximate surface area is 141 Å². The molecule has 5 heteroatoms. The standard InChI is InChI=1S/C19H21N3O2/c1-13-7-9-16(10-8-13)21-19(24)20-14(2)18(23)22-12-11-15-5-3-4-6-17(15)22/h3-10,14H,11-12H2,1-2H3,(H2,20,21,24)/t14-/m1/s1. The fourth-order valence-corrected chi connectivity index (χ4v) is 2.86. The summed E-state index contributed by atoms with van der Waals surface area (Å²) in [6.07, 6.45) is 0.851. The molecule has 2 N–H and O–H groups in total. The van der Waals surface area contributed by atoms with Crippen LogP contribution in [0.4, 0.5) is 16.2 Å². The lowest BCUT2D eigenvalue weighted by Gasteiger charge is -2.22. The number of carbonyl (C=O) groups is 2. The number of aryl methyl sites for hydroxylation is 1. The van der Waals surface area contributed by atoms with Crippen molar-refractivity contribution in [2.45, 2.75) is 26.3 Å². The zero-order chi connectivity index (χ0) is 17.1. The van der Waals surface area contributed by atoms with Crippen LogP contribution in [-0.2, 0) is 11.2 Å². The molecule has 124 valence electrons. The van der Waals surface area contributed by atoms with Gasteiger partial charge in [-0.05, 0) is 44.0 Å². The highest BCUT2D eigenvalue weighted by molar-refractivity contribution is 6.01. The van der Waals surface area contributed by atoms with Crippen molar-refractivity contribution >= 4 is 23.3 Å². The molecule has 0 aliphatic carbocycles. The zero-order valence-electron chi connectivity index (χ0n) is 13.9. The van der Waals surface area contributed by atoms with E-state index in [9.17, 15) is 9.59 Å². The predicted octanol–water partition coefficient (Wildman–Crippen LogP) is 3.09. The Morgan fingerprint density at radius 3 is 2.54 bits per heavy atom. The van der Waals surface area contributed by atoms with Gasteiger partial charge in [0.05, 0.1) is 0 Å². The fraction of sp³-hybridized carbons (Fsp3) is 0.263. The third kappa shape index (κ3) is 3.40. The number of anilines is 2. The number of urea groups is 1. The summed E-state index contributed by atoms with van der Waals surface area (Å²) in [4.78, 5) is 26.4. The van der Waals surface area contributed by atoms with Crippen LogP contribution in [-0.4, -0.2) is 24.5 Å². The van der Waals surface area contributed by atoms with Crippen molar-refractivity contribution in [2.75, 3.05) is 16.8 Å². The quantitative estimate of drug-likeness (QED) is 0.912. The number of hydrogen-bond acceptors (Lipinski definition) is 2. The summed E-state index contributed by atoms with van der Waals surface area (Å²) >= 11 is 0. The highest BCUT2D eigenvalue weighted by atomic mass is 16.2. The number of fused-ring (bicyclic) bond motifs is 1. The molecule has 1 aliphatic heterocycles. The van der Waals surface area contributed by atoms with Crippen LogP contribution < -0.4 is 15.5 Å². The van der Waals surface area contributed by atoms with E-state index in [0.717, 1.165) is 17.7 Å². The molecule has 0 saturated heterocycles. The first-order chi connectivity index (χ1) is 11.5. The largest absolute Gasteiger partial charge is 0.326 e. The lowest BCUT2D eigenvalue weighted by molar-refractivity contribution is -0.119. The van der Waals surface area contributed by atoms with E-state index in [1.165, 1.54) is 5.56 Å². The van der Waals surface area contributed by atoms with Crippen molar-refractivity contribution in [3.63, 3.8) is 0 Å². The molecule has 2 aromatic rings. The van der Waals surface area contributed by atoms with Crippen molar-refractivity contribution in [3.05, 3.63) is 59.7 Å². The van der Waals surface area contributed by atoms with Crippen LogP contribution in [0.25, 0.3) is 0 Å². The van der Waals surface area contributed by atoms with Gasteiger partial charge in [0.1, 0.15) is 6.04 Å². The van der Waals surface area contributed by atoms with Gasteiger partial charge >= 0.3 is 6.03 Å². The van der Waals surface area contributed by atoms with E-state index >= 15 is 0 Å². The Kier molecular flexibility index (Phi) is 4.51. The maximum Gasteiger partial charge on any atom is 0.319 e. The van der Waals surface area contributed by atoms with E-state index < -0.39 is 6.04 Å². The Hall–Kier alpha value is -2.82. The maximum atomic E-state index is 12.6. The molecule has 0 fully saturated rings. The molecule has 3 rings (SSSR count). The van der Waals surface area contributed by atoms with Crippen LogP contribution in [0.3, 0.4) is 0 Å². The van der Waals surface area contributed by atoms with Crippen LogP contribution in [0.5, 0.6) is 0 Å². The first kappa shape index (κ1) is 16.1. The van der Waals surface area contributed by atoms with Crippen molar-refractivity contribution < 1.29 is 9.59 Å². The summed E-state index contributed by atoms with van der Waals surface area (Å²) in [6.45, 7) is 4.35. The molecular weight excluding hydrogens is 302 g/mol. The molecule has 0 radical (unpaired) electrons. The Morgan fingerprint density at radius 1 is 1.08 bits per heavy atom. The minimum atomic E-state index is -0.596. The summed E-state index contributed by atoms with van der Waals surface area (Å²) in [7, 11) is 0. The molecule has 2 aromatic carbocycles. The molecule has 0 aromatic heterocycles. The van der Waals surface area contributed by atoms with Gasteiger partial charge in [0.25, 0.3) is 0 Å². The molecule has 1 atom stereocenters. The van der Waals surface area contributed by atoms with Gasteiger partial charge in [-0.2, -0.15) is 0 Å². The molecular formula is C19H21N3O2. The Bertz CT molecular complexity index is 755. The van der Waals surface area contributed by atoms with E-state index in [1.54, 1.807) is 11.8 Å². The Balaban J connectivity index is 1.60. The number of rotatable bonds is 3. The second-order valence-electron chi connectivity index (χ2n) is 6.05. The van der Waals surface area contributed by atoms with Gasteiger partial charge in [-0.1, -0.05) is 35.9 Å². The van der Waals surface area contributed by atoms with Gasteiger partial charge in [-0.15, -0.1) is 0 Å². The van der Waals surface area contributed by atoms with Crippen molar-refractivity contribution in [1.82, 2.24) is 5.32 Å². The van der Waals surface area contributed by atoms with Crippen molar-refractivity contribution in [3.8, 4) is 0 Å². The van der Waals surface area contributed by atoms with Crippen molar-refractivity contribution in [2.24, 2.45) is 0 Å². The molecule has 1 heterocycles. The third-order valence-electron chi connectivity index (χ3n) is 4.18. The van der Waals surface area contributed by atoms with Crippen LogP contribution in [0.1, 0.15) is 18.1 Å². The van der Waals surface area contributed by atoms with Crippen LogP contribution in [0.15, 0.2) is 48.5 Å². The molecule has 24 heavy (non-hydrogen) atoms. The summed E-state index contributed by atoms with van der Waals surface area (Å²) in [5, 5.41) is 5.45. The molecule has 5 nitrogen and oxygen atoms in total. The lowest BCUT2D eigenvalue weighted by atomic mass is 10.2. The van der Waals surface area contributed by atoms with Gasteiger partial charge in [0.15, 0.2) is 0 Å². The number of para-hydroxylation sites is 1. The van der Waals surface area contributed by atoms with Gasteiger partial charge < -0.3 is 15.5 Å². The minimum absolute atomic E-state index is 0.0981. The average Bonchev–Trinajstić information content (AvgIpc) is 3.00. The number of nitrogens with one attached hydrogen (secondary N) is 2. The number of hydrogen-bond donors (Lipinski definition) is 2. The molecule has 0 saturated carbocycles. The second kappa shape index (κ2) is 6.74. The highest BCUT2D eigenvalue weighted by Crippen LogP contribution is 2.27. The van der Waals surface area contributed by atoms with E-state index in [2.05, 4.69) is 10.6 Å². The van der Waals surface area contributed by atoms with Gasteiger partial charge in [0, 0.05) is 17.9 Å². The van der Waals surface area contributed by atoms with Gasteiger partial charge in [0.2, 0.25) is 5.91 Å². The number of carbonyl (C=O) groups excluding carboxylic acids is 2. The summed E-state index contributed by atoms with van der Waals surface area (Å²) in [5.74, 6) is -0.0981. The van der Waals surface area contributed by atoms with Crippen molar-refractivity contribution in [1.29, 1.82) is 0 Å². The van der Waals surface area contributed by atoms with E-state index in [-0.39, 0.29) is 11.9 Å². The SMILES string of the molecule is Cc1ccc(NC(=O)N[C@H](C)C(=O)N2CCc3ccccc32)cc1. The Morgan fingerprint density at radius 2 is 1.79 bits per heavy atom. The maximum absolute atomic E-state index is 12.6. The van der Waals surface area contributed by atoms with E-state index in [0.29, 0.717) is 12.2 Å². The summed E-state index contributed by atoms with van der Waals surface area (Å²) < 4.78 is 0. The summed E-state index contributed by atoms with van der Waals surface area (Å²) in [5.41, 5.74) is 3.93. The topological polar surface area (TPSA) is 61.4 Å². The predicted molar refractivity (Wildman–Crippen MR) is 95.3 cm³/mol. The monoisotopic (exact) mass is 323 g/mol. The molecule has 1 aliphatic rings.